The fraction of sp³-hybridized carbons (Fsp3) is 0.0909. The SMILES string of the molecule is CC1(C)c2ccc(-c3c4ccccc4c(-c4ccc5c(c4)CCC(c4ccccc4)=C5)c4ccccc34)cc2-c2c1c1oc3ccccc3c1c1ccccc21. The summed E-state index contributed by atoms with van der Waals surface area (Å²) in [5.74, 6) is 0. The zero-order valence-electron chi connectivity index (χ0n) is 31.5. The molecule has 0 amide bonds. The third kappa shape index (κ3) is 4.37. The zero-order valence-corrected chi connectivity index (χ0v) is 31.5. The molecule has 0 bridgehead atoms. The van der Waals surface area contributed by atoms with Gasteiger partial charge < -0.3 is 4.42 Å². The van der Waals surface area contributed by atoms with Gasteiger partial charge in [0.25, 0.3) is 0 Å². The maximum Gasteiger partial charge on any atom is 0.140 e. The van der Waals surface area contributed by atoms with Gasteiger partial charge in [0.15, 0.2) is 0 Å². The van der Waals surface area contributed by atoms with E-state index in [0.29, 0.717) is 0 Å². The smallest absolute Gasteiger partial charge is 0.140 e. The quantitative estimate of drug-likeness (QED) is 0.166. The van der Waals surface area contributed by atoms with Crippen molar-refractivity contribution in [1.29, 1.82) is 0 Å². The Morgan fingerprint density at radius 1 is 0.464 bits per heavy atom. The molecule has 0 radical (unpaired) electrons. The van der Waals surface area contributed by atoms with Crippen molar-refractivity contribution in [2.24, 2.45) is 0 Å². The Balaban J connectivity index is 1.08. The molecule has 0 saturated carbocycles. The van der Waals surface area contributed by atoms with Crippen LogP contribution in [0.4, 0.5) is 0 Å². The van der Waals surface area contributed by atoms with E-state index in [9.17, 15) is 0 Å². The summed E-state index contributed by atoms with van der Waals surface area (Å²) in [5.41, 5.74) is 17.6. The van der Waals surface area contributed by atoms with Gasteiger partial charge in [-0.25, -0.2) is 0 Å². The van der Waals surface area contributed by atoms with E-state index in [1.54, 1.807) is 0 Å². The van der Waals surface area contributed by atoms with Crippen LogP contribution in [0.2, 0.25) is 0 Å². The molecule has 0 saturated heterocycles. The summed E-state index contributed by atoms with van der Waals surface area (Å²) < 4.78 is 6.81. The van der Waals surface area contributed by atoms with Gasteiger partial charge in [-0.2, -0.15) is 0 Å². The minimum Gasteiger partial charge on any atom is -0.456 e. The van der Waals surface area contributed by atoms with E-state index in [1.165, 1.54) is 110 Å². The van der Waals surface area contributed by atoms with Crippen LogP contribution in [0.15, 0.2) is 168 Å². The second-order valence-corrected chi connectivity index (χ2v) is 16.3. The normalized spacial score (nSPS) is 14.4. The van der Waals surface area contributed by atoms with Crippen LogP contribution in [0.3, 0.4) is 0 Å². The highest BCUT2D eigenvalue weighted by Crippen LogP contribution is 2.57. The Hall–Kier alpha value is -6.70. The van der Waals surface area contributed by atoms with E-state index in [2.05, 4.69) is 184 Å². The number of allylic oxidation sites excluding steroid dienone is 1. The number of hydrogen-bond acceptors (Lipinski definition) is 1. The Kier molecular flexibility index (Phi) is 6.58. The fourth-order valence-corrected chi connectivity index (χ4v) is 10.4. The number of hydrogen-bond donors (Lipinski definition) is 0. The van der Waals surface area contributed by atoms with Crippen LogP contribution in [-0.4, -0.2) is 0 Å². The highest BCUT2D eigenvalue weighted by atomic mass is 16.3. The lowest BCUT2D eigenvalue weighted by atomic mass is 9.80. The molecule has 2 aliphatic carbocycles. The summed E-state index contributed by atoms with van der Waals surface area (Å²) in [5, 5.41) is 10.1. The molecule has 12 rings (SSSR count). The largest absolute Gasteiger partial charge is 0.456 e. The molecule has 264 valence electrons. The van der Waals surface area contributed by atoms with E-state index in [-0.39, 0.29) is 5.41 Å². The highest BCUT2D eigenvalue weighted by Gasteiger charge is 2.40. The molecule has 10 aromatic rings. The first kappa shape index (κ1) is 31.6. The second-order valence-electron chi connectivity index (χ2n) is 16.3. The average Bonchev–Trinajstić information content (AvgIpc) is 3.75. The number of aryl methyl sites for hydroxylation is 1. The van der Waals surface area contributed by atoms with Gasteiger partial charge in [-0.05, 0) is 118 Å². The Labute approximate surface area is 326 Å². The van der Waals surface area contributed by atoms with E-state index in [1.807, 2.05) is 0 Å². The summed E-state index contributed by atoms with van der Waals surface area (Å²) in [6, 6.07) is 60.7. The van der Waals surface area contributed by atoms with Crippen molar-refractivity contribution < 1.29 is 4.42 Å². The minimum atomic E-state index is -0.239. The van der Waals surface area contributed by atoms with E-state index >= 15 is 0 Å². The van der Waals surface area contributed by atoms with Gasteiger partial charge in [-0.15, -0.1) is 0 Å². The zero-order chi connectivity index (χ0) is 37.1. The molecule has 0 fully saturated rings. The number of rotatable bonds is 3. The van der Waals surface area contributed by atoms with Gasteiger partial charge in [0.2, 0.25) is 0 Å². The molecule has 0 unspecified atom stereocenters. The summed E-state index contributed by atoms with van der Waals surface area (Å²) >= 11 is 0. The summed E-state index contributed by atoms with van der Waals surface area (Å²) in [6.45, 7) is 4.74. The van der Waals surface area contributed by atoms with Crippen LogP contribution in [0.25, 0.3) is 99.3 Å². The Bertz CT molecular complexity index is 3260. The van der Waals surface area contributed by atoms with Crippen molar-refractivity contribution in [1.82, 2.24) is 0 Å². The first-order chi connectivity index (χ1) is 27.5. The number of benzene rings is 9. The van der Waals surface area contributed by atoms with Crippen LogP contribution in [0.5, 0.6) is 0 Å². The molecular weight excluding hydrogens is 677 g/mol. The lowest BCUT2D eigenvalue weighted by molar-refractivity contribution is 0.620. The molecule has 0 aliphatic heterocycles. The summed E-state index contributed by atoms with van der Waals surface area (Å²) in [4.78, 5) is 0. The Morgan fingerprint density at radius 3 is 1.70 bits per heavy atom. The van der Waals surface area contributed by atoms with Gasteiger partial charge >= 0.3 is 0 Å². The van der Waals surface area contributed by atoms with E-state index in [4.69, 9.17) is 4.42 Å². The van der Waals surface area contributed by atoms with Crippen LogP contribution < -0.4 is 0 Å². The van der Waals surface area contributed by atoms with Gasteiger partial charge in [0, 0.05) is 21.8 Å². The number of para-hydroxylation sites is 1. The van der Waals surface area contributed by atoms with Crippen molar-refractivity contribution in [3.05, 3.63) is 192 Å². The molecular formula is C55H38O. The summed E-state index contributed by atoms with van der Waals surface area (Å²) in [7, 11) is 0. The first-order valence-electron chi connectivity index (χ1n) is 19.9. The number of furan rings is 1. The lowest BCUT2D eigenvalue weighted by Gasteiger charge is -2.22. The van der Waals surface area contributed by atoms with Crippen LogP contribution in [0.1, 0.15) is 48.1 Å². The predicted octanol–water partition coefficient (Wildman–Crippen LogP) is 15.2. The van der Waals surface area contributed by atoms with Crippen LogP contribution in [-0.2, 0) is 11.8 Å². The van der Waals surface area contributed by atoms with Crippen molar-refractivity contribution in [2.45, 2.75) is 32.1 Å². The maximum absolute atomic E-state index is 6.81. The van der Waals surface area contributed by atoms with Crippen molar-refractivity contribution in [3.8, 4) is 33.4 Å². The van der Waals surface area contributed by atoms with E-state index < -0.39 is 0 Å². The van der Waals surface area contributed by atoms with E-state index in [0.717, 1.165) is 24.0 Å². The van der Waals surface area contributed by atoms with Crippen LogP contribution in [0, 0.1) is 0 Å². The monoisotopic (exact) mass is 714 g/mol. The Morgan fingerprint density at radius 2 is 1.02 bits per heavy atom. The molecule has 1 heteroatoms. The third-order valence-electron chi connectivity index (χ3n) is 12.9. The number of fused-ring (bicyclic) bond motifs is 13. The fourth-order valence-electron chi connectivity index (χ4n) is 10.4. The molecule has 0 spiro atoms. The van der Waals surface area contributed by atoms with Crippen molar-refractivity contribution >= 4 is 65.9 Å². The maximum atomic E-state index is 6.81. The van der Waals surface area contributed by atoms with Gasteiger partial charge in [0.05, 0.1) is 0 Å². The molecule has 2 aliphatic rings. The molecule has 1 nitrogen and oxygen atoms in total. The van der Waals surface area contributed by atoms with Gasteiger partial charge in [0.1, 0.15) is 11.2 Å². The standard InChI is InChI=1S/C55H38O/c1-55(2)47-29-28-38(32-46(47)51-43-20-10-11-21-44(43)52-45-22-12-13-23-48(45)56-54(52)53(51)55)50-41-18-8-6-16-39(41)49(40-17-7-9-19-42(40)50)37-27-26-35-30-34(24-25-36(35)31-37)33-14-4-3-5-15-33/h3-23,26-32H,24-25H2,1-2H3. The first-order valence-corrected chi connectivity index (χ1v) is 19.9. The second kappa shape index (κ2) is 11.7. The molecule has 9 aromatic carbocycles. The minimum absolute atomic E-state index is 0.239. The van der Waals surface area contributed by atoms with Crippen molar-refractivity contribution in [3.63, 3.8) is 0 Å². The van der Waals surface area contributed by atoms with Crippen molar-refractivity contribution in [2.75, 3.05) is 0 Å². The van der Waals surface area contributed by atoms with Gasteiger partial charge in [-0.1, -0.05) is 172 Å². The highest BCUT2D eigenvalue weighted by molar-refractivity contribution is 6.26. The predicted molar refractivity (Wildman–Crippen MR) is 237 cm³/mol. The molecule has 0 N–H and O–H groups in total. The molecule has 56 heavy (non-hydrogen) atoms. The molecule has 1 aromatic heterocycles. The van der Waals surface area contributed by atoms with Crippen LogP contribution >= 0.6 is 0 Å². The summed E-state index contributed by atoms with van der Waals surface area (Å²) in [6.07, 6.45) is 4.49. The lowest BCUT2D eigenvalue weighted by Crippen LogP contribution is -2.15. The molecule has 0 atom stereocenters. The van der Waals surface area contributed by atoms with Gasteiger partial charge in [-0.3, -0.25) is 0 Å². The molecule has 1 heterocycles. The topological polar surface area (TPSA) is 13.1 Å². The average molecular weight is 715 g/mol. The third-order valence-corrected chi connectivity index (χ3v) is 12.9.